The normalized spacial score (nSPS) is 12.3. The molecule has 1 aromatic carbocycles. The molecular formula is C11H17N3O5S. The highest BCUT2D eigenvalue weighted by Gasteiger charge is 2.23. The number of rotatable bonds is 6. The lowest BCUT2D eigenvalue weighted by Gasteiger charge is -2.23. The van der Waals surface area contributed by atoms with Crippen molar-refractivity contribution in [3.63, 3.8) is 0 Å². The van der Waals surface area contributed by atoms with Gasteiger partial charge in [-0.2, -0.15) is 0 Å². The summed E-state index contributed by atoms with van der Waals surface area (Å²) >= 11 is 0. The summed E-state index contributed by atoms with van der Waals surface area (Å²) in [5.74, 6) is 0. The van der Waals surface area contributed by atoms with Crippen LogP contribution in [0.2, 0.25) is 0 Å². The van der Waals surface area contributed by atoms with Crippen LogP contribution < -0.4 is 10.5 Å². The number of anilines is 1. The Hall–Kier alpha value is -1.71. The number of nitro benzene ring substituents is 1. The summed E-state index contributed by atoms with van der Waals surface area (Å²) < 4.78 is 31.5. The van der Waals surface area contributed by atoms with Gasteiger partial charge in [0.2, 0.25) is 10.0 Å². The first-order valence-electron chi connectivity index (χ1n) is 5.68. The van der Waals surface area contributed by atoms with E-state index >= 15 is 0 Å². The van der Waals surface area contributed by atoms with Crippen LogP contribution in [0.3, 0.4) is 0 Å². The van der Waals surface area contributed by atoms with Crippen molar-refractivity contribution in [2.75, 3.05) is 19.4 Å². The van der Waals surface area contributed by atoms with Crippen LogP contribution in [0.4, 0.5) is 11.4 Å². The van der Waals surface area contributed by atoms with Gasteiger partial charge in [-0.05, 0) is 26.0 Å². The predicted molar refractivity (Wildman–Crippen MR) is 73.8 cm³/mol. The number of hydrogen-bond donors (Lipinski definition) is 2. The van der Waals surface area contributed by atoms with Crippen LogP contribution >= 0.6 is 0 Å². The van der Waals surface area contributed by atoms with Gasteiger partial charge in [0.25, 0.3) is 5.69 Å². The maximum Gasteiger partial charge on any atom is 0.292 e. The maximum atomic E-state index is 12.0. The number of nitrogen functional groups attached to an aromatic ring is 1. The number of benzene rings is 1. The molecule has 8 nitrogen and oxygen atoms in total. The van der Waals surface area contributed by atoms with Gasteiger partial charge in [0.15, 0.2) is 0 Å². The van der Waals surface area contributed by atoms with Gasteiger partial charge < -0.3 is 10.5 Å². The molecule has 1 rings (SSSR count). The quantitative estimate of drug-likeness (QED) is 0.456. The smallest absolute Gasteiger partial charge is 0.292 e. The van der Waals surface area contributed by atoms with Crippen molar-refractivity contribution in [3.8, 4) is 0 Å². The Kier molecular flexibility index (Phi) is 4.69. The molecule has 20 heavy (non-hydrogen) atoms. The molecule has 0 unspecified atom stereocenters. The Bertz CT molecular complexity index is 612. The van der Waals surface area contributed by atoms with Crippen molar-refractivity contribution < 1.29 is 18.1 Å². The molecule has 0 heterocycles. The van der Waals surface area contributed by atoms with Crippen LogP contribution in [-0.4, -0.2) is 32.6 Å². The van der Waals surface area contributed by atoms with Crippen LogP contribution in [0.5, 0.6) is 0 Å². The third-order valence-corrected chi connectivity index (χ3v) is 4.15. The first-order valence-corrected chi connectivity index (χ1v) is 7.16. The Morgan fingerprint density at radius 1 is 1.45 bits per heavy atom. The molecule has 0 amide bonds. The second-order valence-corrected chi connectivity index (χ2v) is 6.53. The van der Waals surface area contributed by atoms with E-state index in [4.69, 9.17) is 10.5 Å². The first kappa shape index (κ1) is 16.3. The molecule has 0 spiro atoms. The minimum atomic E-state index is -3.80. The average Bonchev–Trinajstić information content (AvgIpc) is 2.36. The Labute approximate surface area is 117 Å². The maximum absolute atomic E-state index is 12.0. The number of nitrogens with two attached hydrogens (primary N) is 1. The highest BCUT2D eigenvalue weighted by molar-refractivity contribution is 7.89. The summed E-state index contributed by atoms with van der Waals surface area (Å²) in [5, 5.41) is 10.6. The number of methoxy groups -OCH3 is 1. The highest BCUT2D eigenvalue weighted by Crippen LogP contribution is 2.24. The van der Waals surface area contributed by atoms with E-state index in [1.165, 1.54) is 7.11 Å². The zero-order valence-corrected chi connectivity index (χ0v) is 12.2. The van der Waals surface area contributed by atoms with Gasteiger partial charge in [0.1, 0.15) is 5.69 Å². The first-order chi connectivity index (χ1) is 9.09. The van der Waals surface area contributed by atoms with E-state index in [2.05, 4.69) is 4.72 Å². The minimum absolute atomic E-state index is 0.0583. The molecule has 0 saturated heterocycles. The second kappa shape index (κ2) is 5.73. The lowest BCUT2D eigenvalue weighted by atomic mass is 10.1. The van der Waals surface area contributed by atoms with Gasteiger partial charge in [-0.25, -0.2) is 13.1 Å². The van der Waals surface area contributed by atoms with Crippen LogP contribution in [0.1, 0.15) is 13.8 Å². The Morgan fingerprint density at radius 2 is 2.05 bits per heavy atom. The van der Waals surface area contributed by atoms with Gasteiger partial charge in [-0.1, -0.05) is 0 Å². The molecule has 0 aliphatic carbocycles. The summed E-state index contributed by atoms with van der Waals surface area (Å²) in [6.45, 7) is 3.50. The van der Waals surface area contributed by atoms with E-state index in [1.807, 2.05) is 0 Å². The zero-order chi connectivity index (χ0) is 15.6. The van der Waals surface area contributed by atoms with Gasteiger partial charge in [-0.3, -0.25) is 10.1 Å². The standard InChI is InChI=1S/C11H17N3O5S/c1-11(2,19-3)7-13-20(17,18)8-4-5-10(14(15)16)9(12)6-8/h4-6,13H,7,12H2,1-3H3. The highest BCUT2D eigenvalue weighted by atomic mass is 32.2. The summed E-state index contributed by atoms with van der Waals surface area (Å²) in [4.78, 5) is 9.82. The van der Waals surface area contributed by atoms with Crippen LogP contribution in [0.25, 0.3) is 0 Å². The minimum Gasteiger partial charge on any atom is -0.393 e. The fourth-order valence-electron chi connectivity index (χ4n) is 1.29. The van der Waals surface area contributed by atoms with E-state index in [-0.39, 0.29) is 22.8 Å². The van der Waals surface area contributed by atoms with Crippen LogP contribution in [0, 0.1) is 10.1 Å². The second-order valence-electron chi connectivity index (χ2n) is 4.77. The molecule has 0 aliphatic heterocycles. The SMILES string of the molecule is COC(C)(C)CNS(=O)(=O)c1ccc([N+](=O)[O-])c(N)c1. The summed E-state index contributed by atoms with van der Waals surface area (Å²) in [5.41, 5.74) is 4.26. The molecule has 0 aliphatic rings. The number of ether oxygens (including phenoxy) is 1. The lowest BCUT2D eigenvalue weighted by molar-refractivity contribution is -0.383. The fraction of sp³-hybridized carbons (Fsp3) is 0.455. The molecule has 0 saturated carbocycles. The van der Waals surface area contributed by atoms with Crippen LogP contribution in [-0.2, 0) is 14.8 Å². The van der Waals surface area contributed by atoms with Crippen molar-refractivity contribution in [1.82, 2.24) is 4.72 Å². The van der Waals surface area contributed by atoms with Crippen LogP contribution in [0.15, 0.2) is 23.1 Å². The van der Waals surface area contributed by atoms with E-state index in [0.717, 1.165) is 18.2 Å². The molecule has 9 heteroatoms. The average molecular weight is 303 g/mol. The lowest BCUT2D eigenvalue weighted by Crippen LogP contribution is -2.39. The van der Waals surface area contributed by atoms with Gasteiger partial charge >= 0.3 is 0 Å². The molecule has 0 bridgehead atoms. The molecule has 0 aromatic heterocycles. The Balaban J connectivity index is 2.99. The van der Waals surface area contributed by atoms with Crippen molar-refractivity contribution in [2.24, 2.45) is 0 Å². The van der Waals surface area contributed by atoms with Crippen molar-refractivity contribution in [1.29, 1.82) is 0 Å². The third-order valence-electron chi connectivity index (χ3n) is 2.75. The number of nitrogens with zero attached hydrogens (tertiary/aromatic N) is 1. The van der Waals surface area contributed by atoms with E-state index in [1.54, 1.807) is 13.8 Å². The number of nitrogens with one attached hydrogen (secondary N) is 1. The third kappa shape index (κ3) is 3.89. The molecule has 0 atom stereocenters. The zero-order valence-electron chi connectivity index (χ0n) is 11.4. The Morgan fingerprint density at radius 3 is 2.50 bits per heavy atom. The van der Waals surface area contributed by atoms with E-state index in [0.29, 0.717) is 0 Å². The van der Waals surface area contributed by atoms with Gasteiger partial charge in [0.05, 0.1) is 15.4 Å². The fourth-order valence-corrected chi connectivity index (χ4v) is 2.52. The molecule has 0 fully saturated rings. The topological polar surface area (TPSA) is 125 Å². The molecule has 0 radical (unpaired) electrons. The molecule has 112 valence electrons. The number of nitro groups is 1. The largest absolute Gasteiger partial charge is 0.393 e. The summed E-state index contributed by atoms with van der Waals surface area (Å²) in [6.07, 6.45) is 0. The van der Waals surface area contributed by atoms with Crippen molar-refractivity contribution in [2.45, 2.75) is 24.3 Å². The summed E-state index contributed by atoms with van der Waals surface area (Å²) in [7, 11) is -2.33. The summed E-state index contributed by atoms with van der Waals surface area (Å²) in [6, 6.07) is 3.25. The van der Waals surface area contributed by atoms with E-state index in [9.17, 15) is 18.5 Å². The number of hydrogen-bond acceptors (Lipinski definition) is 6. The monoisotopic (exact) mass is 303 g/mol. The number of sulfonamides is 1. The van der Waals surface area contributed by atoms with Crippen molar-refractivity contribution in [3.05, 3.63) is 28.3 Å². The van der Waals surface area contributed by atoms with Crippen molar-refractivity contribution >= 4 is 21.4 Å². The predicted octanol–water partition coefficient (Wildman–Crippen LogP) is 0.880. The van der Waals surface area contributed by atoms with Gasteiger partial charge in [0, 0.05) is 19.7 Å². The molecular weight excluding hydrogens is 286 g/mol. The molecule has 3 N–H and O–H groups in total. The van der Waals surface area contributed by atoms with Gasteiger partial charge in [-0.15, -0.1) is 0 Å². The van der Waals surface area contributed by atoms with E-state index < -0.39 is 20.5 Å². The molecule has 1 aromatic rings.